The van der Waals surface area contributed by atoms with Gasteiger partial charge in [-0.05, 0) is 61.4 Å². The number of benzene rings is 4. The molecule has 0 aliphatic rings. The molecular weight excluding hydrogens is 464 g/mol. The normalized spacial score (nSPS) is 9.41. The minimum Gasteiger partial charge on any atom is -0.396 e. The zero-order valence-corrected chi connectivity index (χ0v) is 19.8. The number of anilines is 5. The monoisotopic (exact) mass is 492 g/mol. The number of nitrogens with two attached hydrogens (primary N) is 1. The van der Waals surface area contributed by atoms with Crippen molar-refractivity contribution in [3.8, 4) is 12.1 Å². The molecular formula is C29H28N6O2. The number of rotatable bonds is 5. The van der Waals surface area contributed by atoms with Gasteiger partial charge in [0.05, 0.1) is 21.9 Å². The Labute approximate surface area is 216 Å². The van der Waals surface area contributed by atoms with Gasteiger partial charge in [-0.3, -0.25) is 10.1 Å². The number of nitriles is 2. The second-order valence-electron chi connectivity index (χ2n) is 7.83. The van der Waals surface area contributed by atoms with E-state index in [4.69, 9.17) is 16.3 Å². The van der Waals surface area contributed by atoms with Crippen LogP contribution in [0.15, 0.2) is 84.9 Å². The highest BCUT2D eigenvalue weighted by atomic mass is 16.6. The second-order valence-corrected chi connectivity index (χ2v) is 7.83. The van der Waals surface area contributed by atoms with Gasteiger partial charge < -0.3 is 16.4 Å². The Morgan fingerprint density at radius 3 is 1.62 bits per heavy atom. The van der Waals surface area contributed by atoms with Gasteiger partial charge in [0, 0.05) is 11.4 Å². The van der Waals surface area contributed by atoms with Gasteiger partial charge in [-0.2, -0.15) is 10.5 Å². The molecule has 186 valence electrons. The Morgan fingerprint density at radius 2 is 1.14 bits per heavy atom. The van der Waals surface area contributed by atoms with Crippen LogP contribution in [-0.4, -0.2) is 4.92 Å². The maximum absolute atomic E-state index is 11.1. The van der Waals surface area contributed by atoms with Gasteiger partial charge in [-0.1, -0.05) is 56.0 Å². The molecule has 0 fully saturated rings. The fourth-order valence-electron chi connectivity index (χ4n) is 3.42. The van der Waals surface area contributed by atoms with E-state index in [2.05, 4.69) is 16.7 Å². The van der Waals surface area contributed by atoms with Crippen molar-refractivity contribution in [2.24, 2.45) is 0 Å². The van der Waals surface area contributed by atoms with Crippen LogP contribution in [0.4, 0.5) is 34.1 Å². The summed E-state index contributed by atoms with van der Waals surface area (Å²) in [5.74, 6) is 0. The number of nitrogens with one attached hydrogen (secondary N) is 2. The Morgan fingerprint density at radius 1 is 0.703 bits per heavy atom. The average Bonchev–Trinajstić information content (AvgIpc) is 2.88. The summed E-state index contributed by atoms with van der Waals surface area (Å²) in [6.07, 6.45) is 0. The fourth-order valence-corrected chi connectivity index (χ4v) is 3.42. The first-order chi connectivity index (χ1) is 17.3. The number of hydrogen-bond acceptors (Lipinski definition) is 7. The van der Waals surface area contributed by atoms with Gasteiger partial charge in [0.15, 0.2) is 0 Å². The average molecular weight is 493 g/mol. The molecule has 4 rings (SSSR count). The smallest absolute Gasteiger partial charge is 0.310 e. The maximum Gasteiger partial charge on any atom is 0.310 e. The van der Waals surface area contributed by atoms with Gasteiger partial charge in [0.2, 0.25) is 0 Å². The summed E-state index contributed by atoms with van der Waals surface area (Å²) in [6, 6.07) is 29.3. The topological polar surface area (TPSA) is 141 Å². The van der Waals surface area contributed by atoms with Crippen molar-refractivity contribution in [2.45, 2.75) is 21.3 Å². The quantitative estimate of drug-likeness (QED) is 0.150. The zero-order valence-electron chi connectivity index (χ0n) is 19.8. The van der Waals surface area contributed by atoms with Crippen molar-refractivity contribution < 1.29 is 4.92 Å². The first-order valence-electron chi connectivity index (χ1n) is 11.0. The fraction of sp³-hybridized carbons (Fsp3) is 0.103. The Kier molecular flexibility index (Phi) is 9.76. The number of para-hydroxylation sites is 4. The first kappa shape index (κ1) is 27.9. The number of nitro benzene ring substituents is 1. The predicted octanol–water partition coefficient (Wildman–Crippen LogP) is 7.35. The minimum atomic E-state index is -0.542. The van der Waals surface area contributed by atoms with Crippen LogP contribution < -0.4 is 16.4 Å². The second kappa shape index (κ2) is 12.9. The van der Waals surface area contributed by atoms with E-state index in [1.807, 2.05) is 80.6 Å². The van der Waals surface area contributed by atoms with Crippen molar-refractivity contribution >= 4 is 34.1 Å². The molecule has 0 aliphatic carbocycles. The molecule has 0 bridgehead atoms. The molecule has 0 spiro atoms. The predicted molar refractivity (Wildman–Crippen MR) is 149 cm³/mol. The lowest BCUT2D eigenvalue weighted by Crippen LogP contribution is -2.00. The minimum absolute atomic E-state index is 0. The van der Waals surface area contributed by atoms with E-state index >= 15 is 0 Å². The van der Waals surface area contributed by atoms with Crippen molar-refractivity contribution in [3.05, 3.63) is 117 Å². The Hall–Kier alpha value is -5.34. The van der Waals surface area contributed by atoms with Gasteiger partial charge in [0.25, 0.3) is 0 Å². The number of nitro groups is 1. The van der Waals surface area contributed by atoms with E-state index in [1.165, 1.54) is 6.07 Å². The molecule has 0 atom stereocenters. The van der Waals surface area contributed by atoms with Crippen molar-refractivity contribution in [2.75, 3.05) is 16.4 Å². The van der Waals surface area contributed by atoms with Crippen LogP contribution in [0.25, 0.3) is 0 Å². The molecule has 37 heavy (non-hydrogen) atoms. The molecule has 0 saturated carbocycles. The van der Waals surface area contributed by atoms with E-state index in [0.717, 1.165) is 28.2 Å². The van der Waals surface area contributed by atoms with Crippen LogP contribution in [0.5, 0.6) is 0 Å². The van der Waals surface area contributed by atoms with E-state index in [1.54, 1.807) is 18.2 Å². The molecule has 0 amide bonds. The molecule has 4 N–H and O–H groups in total. The summed E-state index contributed by atoms with van der Waals surface area (Å²) in [7, 11) is 0. The lowest BCUT2D eigenvalue weighted by molar-refractivity contribution is -0.384. The van der Waals surface area contributed by atoms with E-state index in [9.17, 15) is 10.1 Å². The van der Waals surface area contributed by atoms with Crippen LogP contribution in [0.1, 0.15) is 29.7 Å². The summed E-state index contributed by atoms with van der Waals surface area (Å²) in [6.45, 7) is 3.93. The maximum atomic E-state index is 11.1. The summed E-state index contributed by atoms with van der Waals surface area (Å²) in [5.41, 5.74) is 11.7. The summed E-state index contributed by atoms with van der Waals surface area (Å²) in [4.78, 5) is 10.5. The van der Waals surface area contributed by atoms with Gasteiger partial charge >= 0.3 is 5.69 Å². The third kappa shape index (κ3) is 6.84. The first-order valence-corrected chi connectivity index (χ1v) is 11.0. The Bertz CT molecular complexity index is 1480. The lowest BCUT2D eigenvalue weighted by atomic mass is 10.1. The molecule has 8 nitrogen and oxygen atoms in total. The molecule has 0 saturated heterocycles. The van der Waals surface area contributed by atoms with Crippen molar-refractivity contribution in [3.63, 3.8) is 0 Å². The van der Waals surface area contributed by atoms with Gasteiger partial charge in [-0.25, -0.2) is 0 Å². The van der Waals surface area contributed by atoms with E-state index in [-0.39, 0.29) is 18.7 Å². The van der Waals surface area contributed by atoms with Crippen LogP contribution in [0.3, 0.4) is 0 Å². The van der Waals surface area contributed by atoms with Gasteiger partial charge in [0.1, 0.15) is 23.4 Å². The number of nitrogen functional groups attached to an aromatic ring is 1. The third-order valence-corrected chi connectivity index (χ3v) is 5.39. The van der Waals surface area contributed by atoms with Crippen molar-refractivity contribution in [1.82, 2.24) is 0 Å². The standard InChI is InChI=1S/C14H11N3O2.C14H13N3.CH4/c1-10-5-2-3-7-12(10)16-13-8-4-6-11(9-15)14(13)17(18)19;1-10-5-2-3-7-12(10)17-13-8-4-6-11(9-15)14(13)16;/h2-8,16H,1H3;2-8,17H,16H2,1H3;1H4. The molecule has 0 unspecified atom stereocenters. The van der Waals surface area contributed by atoms with Crippen LogP contribution in [-0.2, 0) is 0 Å². The molecule has 0 aliphatic heterocycles. The number of nitrogens with zero attached hydrogens (tertiary/aromatic N) is 3. The van der Waals surface area contributed by atoms with E-state index in [0.29, 0.717) is 16.9 Å². The van der Waals surface area contributed by atoms with Gasteiger partial charge in [-0.15, -0.1) is 0 Å². The zero-order chi connectivity index (χ0) is 26.1. The SMILES string of the molecule is C.Cc1ccccc1Nc1cccc(C#N)c1N.Cc1ccccc1Nc1cccc(C#N)c1[N+](=O)[O-]. The van der Waals surface area contributed by atoms with Crippen LogP contribution >= 0.6 is 0 Å². The van der Waals surface area contributed by atoms with Crippen molar-refractivity contribution in [1.29, 1.82) is 10.5 Å². The molecule has 0 heterocycles. The largest absolute Gasteiger partial charge is 0.396 e. The third-order valence-electron chi connectivity index (χ3n) is 5.39. The molecule has 0 aromatic heterocycles. The van der Waals surface area contributed by atoms with Crippen LogP contribution in [0, 0.1) is 46.6 Å². The molecule has 4 aromatic rings. The number of hydrogen-bond donors (Lipinski definition) is 3. The van der Waals surface area contributed by atoms with Crippen LogP contribution in [0.2, 0.25) is 0 Å². The number of aryl methyl sites for hydroxylation is 2. The molecule has 0 radical (unpaired) electrons. The molecule has 4 aromatic carbocycles. The highest BCUT2D eigenvalue weighted by Crippen LogP contribution is 2.31. The molecule has 8 heteroatoms. The lowest BCUT2D eigenvalue weighted by Gasteiger charge is -2.12. The Balaban J connectivity index is 0.000000255. The highest BCUT2D eigenvalue weighted by Gasteiger charge is 2.19. The summed E-state index contributed by atoms with van der Waals surface area (Å²) < 4.78 is 0. The highest BCUT2D eigenvalue weighted by molar-refractivity contribution is 5.78. The summed E-state index contributed by atoms with van der Waals surface area (Å²) in [5, 5.41) is 35.2. The summed E-state index contributed by atoms with van der Waals surface area (Å²) >= 11 is 0. The van der Waals surface area contributed by atoms with E-state index < -0.39 is 4.92 Å².